The fraction of sp³-hybridized carbons (Fsp3) is 0.650. The van der Waals surface area contributed by atoms with Crippen LogP contribution in [0.5, 0.6) is 5.75 Å². The molecule has 2 saturated carbocycles. The Morgan fingerprint density at radius 2 is 1.88 bits per heavy atom. The Morgan fingerprint density at radius 3 is 2.48 bits per heavy atom. The molecule has 2 bridgehead atoms. The van der Waals surface area contributed by atoms with Crippen molar-refractivity contribution in [3.63, 3.8) is 0 Å². The first-order valence-electron chi connectivity index (χ1n) is 9.62. The molecule has 5 heteroatoms. The summed E-state index contributed by atoms with van der Waals surface area (Å²) in [4.78, 5) is 17.0. The van der Waals surface area contributed by atoms with Gasteiger partial charge in [-0.1, -0.05) is 6.42 Å². The molecule has 1 aromatic carbocycles. The molecule has 0 unspecified atom stereocenters. The molecular weight excluding hydrogens is 314 g/mol. The smallest absolute Gasteiger partial charge is 0.234 e. The summed E-state index contributed by atoms with van der Waals surface area (Å²) < 4.78 is 5.22. The largest absolute Gasteiger partial charge is 0.497 e. The SMILES string of the molecule is COc1ccc(N2CCN(CC(=O)N[C@@H]3C[C@H]4CC[C@@H]3C4)CC2)cc1. The maximum Gasteiger partial charge on any atom is 0.234 e. The van der Waals surface area contributed by atoms with E-state index in [0.29, 0.717) is 12.6 Å². The first-order chi connectivity index (χ1) is 12.2. The lowest BCUT2D eigenvalue weighted by Gasteiger charge is -2.36. The van der Waals surface area contributed by atoms with Crippen molar-refractivity contribution in [2.24, 2.45) is 11.8 Å². The van der Waals surface area contributed by atoms with Gasteiger partial charge in [0, 0.05) is 37.9 Å². The number of nitrogens with zero attached hydrogens (tertiary/aromatic N) is 2. The number of benzene rings is 1. The molecule has 3 aliphatic rings. The number of fused-ring (bicyclic) bond motifs is 2. The van der Waals surface area contributed by atoms with Crippen molar-refractivity contribution in [1.29, 1.82) is 0 Å². The van der Waals surface area contributed by atoms with Crippen LogP contribution in [0.25, 0.3) is 0 Å². The molecule has 1 aliphatic heterocycles. The van der Waals surface area contributed by atoms with Crippen LogP contribution in [0.3, 0.4) is 0 Å². The minimum atomic E-state index is 0.218. The van der Waals surface area contributed by atoms with Crippen LogP contribution >= 0.6 is 0 Å². The van der Waals surface area contributed by atoms with Crippen LogP contribution < -0.4 is 15.0 Å². The Balaban J connectivity index is 1.22. The second-order valence-electron chi connectivity index (χ2n) is 7.81. The van der Waals surface area contributed by atoms with Crippen LogP contribution in [0.15, 0.2) is 24.3 Å². The van der Waals surface area contributed by atoms with E-state index >= 15 is 0 Å². The molecule has 2 aliphatic carbocycles. The molecule has 0 spiro atoms. The van der Waals surface area contributed by atoms with E-state index in [0.717, 1.165) is 43.8 Å². The number of carbonyl (C=O) groups is 1. The van der Waals surface area contributed by atoms with Gasteiger partial charge in [0.2, 0.25) is 5.91 Å². The van der Waals surface area contributed by atoms with Gasteiger partial charge < -0.3 is 15.0 Å². The van der Waals surface area contributed by atoms with E-state index in [1.54, 1.807) is 7.11 Å². The number of methoxy groups -OCH3 is 1. The number of carbonyl (C=O) groups excluding carboxylic acids is 1. The Morgan fingerprint density at radius 1 is 1.12 bits per heavy atom. The lowest BCUT2D eigenvalue weighted by molar-refractivity contribution is -0.123. The zero-order valence-electron chi connectivity index (χ0n) is 15.1. The van der Waals surface area contributed by atoms with Crippen molar-refractivity contribution in [2.75, 3.05) is 44.7 Å². The van der Waals surface area contributed by atoms with Crippen LogP contribution in [0.4, 0.5) is 5.69 Å². The van der Waals surface area contributed by atoms with Crippen LogP contribution in [-0.2, 0) is 4.79 Å². The molecular formula is C20H29N3O2. The molecule has 0 radical (unpaired) electrons. The van der Waals surface area contributed by atoms with Gasteiger partial charge in [-0.25, -0.2) is 0 Å². The Hall–Kier alpha value is -1.75. The number of rotatable bonds is 5. The van der Waals surface area contributed by atoms with E-state index in [-0.39, 0.29) is 5.91 Å². The van der Waals surface area contributed by atoms with Gasteiger partial charge in [0.1, 0.15) is 5.75 Å². The maximum atomic E-state index is 12.4. The summed E-state index contributed by atoms with van der Waals surface area (Å²) in [5.74, 6) is 2.74. The highest BCUT2D eigenvalue weighted by Crippen LogP contribution is 2.44. The van der Waals surface area contributed by atoms with Crippen molar-refractivity contribution in [2.45, 2.75) is 31.7 Å². The molecule has 0 aromatic heterocycles. The van der Waals surface area contributed by atoms with Gasteiger partial charge >= 0.3 is 0 Å². The number of anilines is 1. The second-order valence-corrected chi connectivity index (χ2v) is 7.81. The number of hydrogen-bond acceptors (Lipinski definition) is 4. The second kappa shape index (κ2) is 7.24. The van der Waals surface area contributed by atoms with Gasteiger partial charge in [-0.3, -0.25) is 9.69 Å². The number of ether oxygens (including phenoxy) is 1. The quantitative estimate of drug-likeness (QED) is 0.889. The lowest BCUT2D eigenvalue weighted by Crippen LogP contribution is -2.51. The standard InChI is InChI=1S/C20H29N3O2/c1-25-18-6-4-17(5-7-18)23-10-8-22(9-11-23)14-20(24)21-19-13-15-2-3-16(19)12-15/h4-7,15-16,19H,2-3,8-14H2,1H3,(H,21,24)/t15-,16+,19+/m0/s1. The molecule has 1 heterocycles. The topological polar surface area (TPSA) is 44.8 Å². The number of nitrogens with one attached hydrogen (secondary N) is 1. The molecule has 1 saturated heterocycles. The van der Waals surface area contributed by atoms with Crippen molar-refractivity contribution in [3.05, 3.63) is 24.3 Å². The molecule has 1 amide bonds. The normalized spacial score (nSPS) is 29.0. The summed E-state index contributed by atoms with van der Waals surface area (Å²) in [5.41, 5.74) is 1.23. The summed E-state index contributed by atoms with van der Waals surface area (Å²) in [6.45, 7) is 4.36. The fourth-order valence-corrected chi connectivity index (χ4v) is 4.83. The molecule has 3 atom stereocenters. The van der Waals surface area contributed by atoms with Crippen LogP contribution in [0, 0.1) is 11.8 Å². The predicted molar refractivity (Wildman–Crippen MR) is 99.0 cm³/mol. The van der Waals surface area contributed by atoms with Crippen LogP contribution in [0.1, 0.15) is 25.7 Å². The zero-order chi connectivity index (χ0) is 17.2. The van der Waals surface area contributed by atoms with E-state index in [4.69, 9.17) is 4.74 Å². The third kappa shape index (κ3) is 3.76. The summed E-state index contributed by atoms with van der Waals surface area (Å²) in [5, 5.41) is 3.31. The van der Waals surface area contributed by atoms with Crippen LogP contribution in [0.2, 0.25) is 0 Å². The van der Waals surface area contributed by atoms with Crippen molar-refractivity contribution in [1.82, 2.24) is 10.2 Å². The Labute approximate surface area is 150 Å². The molecule has 3 fully saturated rings. The van der Waals surface area contributed by atoms with Gasteiger partial charge in [0.15, 0.2) is 0 Å². The number of hydrogen-bond donors (Lipinski definition) is 1. The lowest BCUT2D eigenvalue weighted by atomic mass is 9.95. The summed E-state index contributed by atoms with van der Waals surface area (Å²) >= 11 is 0. The fourth-order valence-electron chi connectivity index (χ4n) is 4.83. The van der Waals surface area contributed by atoms with Crippen molar-refractivity contribution < 1.29 is 9.53 Å². The van der Waals surface area contributed by atoms with E-state index in [2.05, 4.69) is 27.2 Å². The van der Waals surface area contributed by atoms with Crippen LogP contribution in [-0.4, -0.2) is 56.7 Å². The third-order valence-electron chi connectivity index (χ3n) is 6.26. The zero-order valence-corrected chi connectivity index (χ0v) is 15.1. The Kier molecular flexibility index (Phi) is 4.84. The van der Waals surface area contributed by atoms with Gasteiger partial charge in [0.05, 0.1) is 13.7 Å². The van der Waals surface area contributed by atoms with E-state index < -0.39 is 0 Å². The molecule has 25 heavy (non-hydrogen) atoms. The predicted octanol–water partition coefficient (Wildman–Crippen LogP) is 2.12. The Bertz CT molecular complexity index is 595. The highest BCUT2D eigenvalue weighted by molar-refractivity contribution is 5.78. The monoisotopic (exact) mass is 343 g/mol. The molecule has 136 valence electrons. The minimum absolute atomic E-state index is 0.218. The molecule has 1 aromatic rings. The van der Waals surface area contributed by atoms with Gasteiger partial charge in [-0.15, -0.1) is 0 Å². The van der Waals surface area contributed by atoms with Gasteiger partial charge in [0.25, 0.3) is 0 Å². The van der Waals surface area contributed by atoms with E-state index in [9.17, 15) is 4.79 Å². The summed E-state index contributed by atoms with van der Waals surface area (Å²) in [7, 11) is 1.69. The highest BCUT2D eigenvalue weighted by atomic mass is 16.5. The minimum Gasteiger partial charge on any atom is -0.497 e. The van der Waals surface area contributed by atoms with Crippen molar-refractivity contribution in [3.8, 4) is 5.75 Å². The van der Waals surface area contributed by atoms with E-state index in [1.165, 1.54) is 31.4 Å². The average Bonchev–Trinajstić information content (AvgIpc) is 3.25. The van der Waals surface area contributed by atoms with Gasteiger partial charge in [-0.2, -0.15) is 0 Å². The first-order valence-corrected chi connectivity index (χ1v) is 9.62. The van der Waals surface area contributed by atoms with Gasteiger partial charge in [-0.05, 0) is 55.4 Å². The van der Waals surface area contributed by atoms with Crippen molar-refractivity contribution >= 4 is 11.6 Å². The maximum absolute atomic E-state index is 12.4. The molecule has 5 nitrogen and oxygen atoms in total. The van der Waals surface area contributed by atoms with E-state index in [1.807, 2.05) is 12.1 Å². The number of amides is 1. The number of piperazine rings is 1. The molecule has 4 rings (SSSR count). The first kappa shape index (κ1) is 16.7. The summed E-state index contributed by atoms with van der Waals surface area (Å²) in [6, 6.07) is 8.67. The average molecular weight is 343 g/mol. The summed E-state index contributed by atoms with van der Waals surface area (Å²) in [6.07, 6.45) is 5.24. The molecule has 1 N–H and O–H groups in total. The third-order valence-corrected chi connectivity index (χ3v) is 6.26. The highest BCUT2D eigenvalue weighted by Gasteiger charge is 2.40.